The molecule has 7 heteroatoms. The van der Waals surface area contributed by atoms with Gasteiger partial charge in [-0.05, 0) is 51.4 Å². The summed E-state index contributed by atoms with van der Waals surface area (Å²) in [5.74, 6) is 0. The number of nitrogens with zero attached hydrogens (tertiary/aromatic N) is 2. The minimum absolute atomic E-state index is 0. The van der Waals surface area contributed by atoms with Crippen molar-refractivity contribution in [3.63, 3.8) is 0 Å². The van der Waals surface area contributed by atoms with Crippen LogP contribution < -0.4 is 9.41 Å². The second-order valence-corrected chi connectivity index (χ2v) is 11.3. The van der Waals surface area contributed by atoms with Gasteiger partial charge >= 0.3 is 0 Å². The van der Waals surface area contributed by atoms with Crippen LogP contribution in [0, 0.1) is 0 Å². The first-order chi connectivity index (χ1) is 16.5. The Hall–Kier alpha value is -0.340. The van der Waals surface area contributed by atoms with Crippen molar-refractivity contribution < 1.29 is 34.8 Å². The molecular weight excluding hydrogens is 498 g/mol. The highest BCUT2D eigenvalue weighted by Crippen LogP contribution is 2.17. The third-order valence-electron chi connectivity index (χ3n) is 7.89. The topological polar surface area (TPSA) is 94.5 Å². The highest BCUT2D eigenvalue weighted by molar-refractivity contribution is 4.50. The van der Waals surface area contributed by atoms with Crippen LogP contribution in [-0.2, 0) is 0 Å². The fourth-order valence-corrected chi connectivity index (χ4v) is 5.29. The minimum atomic E-state index is 0. The molecule has 0 saturated carbocycles. The predicted octanol–water partition coefficient (Wildman–Crippen LogP) is 1.54. The van der Waals surface area contributed by atoms with Crippen LogP contribution in [0.5, 0.6) is 0 Å². The van der Waals surface area contributed by atoms with Crippen molar-refractivity contribution in [2.45, 2.75) is 158 Å². The number of unbranched alkanes of at least 4 members (excludes halogenated alkanes) is 8. The Bertz CT molecular complexity index is 295. The van der Waals surface area contributed by atoms with Crippen molar-refractivity contribution in [1.82, 2.24) is 0 Å². The maximum absolute atomic E-state index is 2.33. The first-order valence-electron chi connectivity index (χ1n) is 16.2. The number of rotatable bonds is 24. The average molecular weight is 577 g/mol. The van der Waals surface area contributed by atoms with E-state index >= 15 is 0 Å². The highest BCUT2D eigenvalue weighted by Gasteiger charge is 2.25. The Labute approximate surface area is 245 Å². The van der Waals surface area contributed by atoms with Gasteiger partial charge in [-0.15, -0.1) is 0 Å². The first kappa shape index (κ1) is 54.7. The molecule has 0 aliphatic heterocycles. The fraction of sp³-hybridized carbons (Fsp3) is 1.00. The van der Waals surface area contributed by atoms with Gasteiger partial charge in [0.2, 0.25) is 0 Å². The molecule has 0 amide bonds. The molecule has 6 N–H and O–H groups in total. The third-order valence-corrected chi connectivity index (χ3v) is 7.89. The van der Waals surface area contributed by atoms with E-state index in [0.717, 1.165) is 0 Å². The summed E-state index contributed by atoms with van der Waals surface area (Å²) in [5.41, 5.74) is 0. The SMILES string of the molecule is CCCC[N+](CCCC)(CCCC)CCCC.CCCC[N+](CCCC)(CCCC)CCCC.O.O.O.[F-].[F-]. The van der Waals surface area contributed by atoms with Crippen LogP contribution in [0.15, 0.2) is 0 Å². The van der Waals surface area contributed by atoms with Gasteiger partial charge in [0.25, 0.3) is 0 Å². The molecule has 0 spiro atoms. The van der Waals surface area contributed by atoms with Crippen LogP contribution in [0.25, 0.3) is 0 Å². The lowest BCUT2D eigenvalue weighted by molar-refractivity contribution is -0.929. The third kappa shape index (κ3) is 30.4. The van der Waals surface area contributed by atoms with E-state index in [1.54, 1.807) is 0 Å². The molecule has 0 rings (SSSR count). The van der Waals surface area contributed by atoms with Gasteiger partial charge < -0.3 is 34.8 Å². The summed E-state index contributed by atoms with van der Waals surface area (Å²) in [6, 6.07) is 0. The van der Waals surface area contributed by atoms with Crippen molar-refractivity contribution in [2.75, 3.05) is 52.4 Å². The molecule has 0 fully saturated rings. The summed E-state index contributed by atoms with van der Waals surface area (Å²) >= 11 is 0. The molecule has 39 heavy (non-hydrogen) atoms. The Kier molecular flexibility index (Phi) is 55.8. The fourth-order valence-electron chi connectivity index (χ4n) is 5.29. The molecule has 0 bridgehead atoms. The zero-order chi connectivity index (χ0) is 26.0. The molecule has 0 aromatic heterocycles. The van der Waals surface area contributed by atoms with E-state index in [2.05, 4.69) is 55.4 Å². The van der Waals surface area contributed by atoms with Crippen LogP contribution in [0.1, 0.15) is 158 Å². The van der Waals surface area contributed by atoms with E-state index in [4.69, 9.17) is 0 Å². The molecule has 5 nitrogen and oxygen atoms in total. The van der Waals surface area contributed by atoms with Gasteiger partial charge in [0.15, 0.2) is 0 Å². The highest BCUT2D eigenvalue weighted by atomic mass is 19.0. The van der Waals surface area contributed by atoms with E-state index in [1.165, 1.54) is 164 Å². The normalized spacial score (nSPS) is 10.5. The van der Waals surface area contributed by atoms with Gasteiger partial charge in [0, 0.05) is 0 Å². The Balaban J connectivity index is -0.0000000931. The molecular formula is C32H78F2N2O3. The quantitative estimate of drug-likeness (QED) is 0.156. The lowest BCUT2D eigenvalue weighted by Gasteiger charge is -2.39. The minimum Gasteiger partial charge on any atom is -1.00 e. The lowest BCUT2D eigenvalue weighted by atomic mass is 10.1. The second-order valence-electron chi connectivity index (χ2n) is 11.3. The van der Waals surface area contributed by atoms with E-state index in [0.29, 0.717) is 0 Å². The van der Waals surface area contributed by atoms with Crippen LogP contribution in [0.3, 0.4) is 0 Å². The zero-order valence-corrected chi connectivity index (χ0v) is 28.1. The molecule has 0 aliphatic carbocycles. The van der Waals surface area contributed by atoms with Gasteiger partial charge in [0.1, 0.15) is 0 Å². The van der Waals surface area contributed by atoms with E-state index in [-0.39, 0.29) is 25.8 Å². The van der Waals surface area contributed by atoms with Crippen LogP contribution in [0.2, 0.25) is 0 Å². The molecule has 0 aromatic rings. The molecule has 0 atom stereocenters. The molecule has 0 aromatic carbocycles. The molecule has 0 unspecified atom stereocenters. The van der Waals surface area contributed by atoms with Crippen LogP contribution in [-0.4, -0.2) is 77.8 Å². The lowest BCUT2D eigenvalue weighted by Crippen LogP contribution is -3.00. The molecule has 0 heterocycles. The van der Waals surface area contributed by atoms with Crippen molar-refractivity contribution in [3.8, 4) is 0 Å². The van der Waals surface area contributed by atoms with Crippen molar-refractivity contribution in [2.24, 2.45) is 0 Å². The molecule has 0 saturated heterocycles. The second kappa shape index (κ2) is 39.8. The Morgan fingerprint density at radius 1 is 0.256 bits per heavy atom. The van der Waals surface area contributed by atoms with Crippen molar-refractivity contribution in [1.29, 1.82) is 0 Å². The standard InChI is InChI=1S/2C16H36N.2FH.3H2O/c2*1-5-9-13-17(14-10-6-2,15-11-7-3)16-12-8-4;;;;;/h2*5-16H2,1-4H3;2*1H;3*1H2/q2*+1;;;;;/p-2. The van der Waals surface area contributed by atoms with Crippen LogP contribution in [0.4, 0.5) is 0 Å². The summed E-state index contributed by atoms with van der Waals surface area (Å²) in [4.78, 5) is 0. The average Bonchev–Trinajstić information content (AvgIpc) is 2.87. The maximum Gasteiger partial charge on any atom is 0.0786 e. The number of hydrogen-bond donors (Lipinski definition) is 0. The summed E-state index contributed by atoms with van der Waals surface area (Å²) in [6.07, 6.45) is 22.1. The van der Waals surface area contributed by atoms with Gasteiger partial charge in [-0.3, -0.25) is 0 Å². The largest absolute Gasteiger partial charge is 1.00 e. The molecule has 0 aliphatic rings. The maximum atomic E-state index is 2.33. The Morgan fingerprint density at radius 3 is 0.436 bits per heavy atom. The van der Waals surface area contributed by atoms with Gasteiger partial charge in [-0.2, -0.15) is 0 Å². The monoisotopic (exact) mass is 577 g/mol. The predicted molar refractivity (Wildman–Crippen MR) is 170 cm³/mol. The van der Waals surface area contributed by atoms with Crippen molar-refractivity contribution in [3.05, 3.63) is 0 Å². The molecule has 0 radical (unpaired) electrons. The van der Waals surface area contributed by atoms with E-state index in [9.17, 15) is 0 Å². The molecule has 248 valence electrons. The van der Waals surface area contributed by atoms with Gasteiger partial charge in [-0.1, -0.05) is 107 Å². The van der Waals surface area contributed by atoms with Crippen LogP contribution >= 0.6 is 0 Å². The number of quaternary nitrogens is 2. The van der Waals surface area contributed by atoms with E-state index in [1.807, 2.05) is 0 Å². The number of hydrogen-bond acceptors (Lipinski definition) is 0. The van der Waals surface area contributed by atoms with Gasteiger partial charge in [-0.25, -0.2) is 0 Å². The smallest absolute Gasteiger partial charge is 0.0786 e. The number of halogens is 2. The van der Waals surface area contributed by atoms with Crippen molar-refractivity contribution >= 4 is 0 Å². The summed E-state index contributed by atoms with van der Waals surface area (Å²) in [7, 11) is 0. The zero-order valence-electron chi connectivity index (χ0n) is 28.1. The summed E-state index contributed by atoms with van der Waals surface area (Å²) in [6.45, 7) is 30.0. The summed E-state index contributed by atoms with van der Waals surface area (Å²) in [5, 5.41) is 0. The summed E-state index contributed by atoms with van der Waals surface area (Å²) < 4.78 is 2.84. The Morgan fingerprint density at radius 2 is 0.359 bits per heavy atom. The van der Waals surface area contributed by atoms with E-state index < -0.39 is 0 Å². The van der Waals surface area contributed by atoms with Gasteiger partial charge in [0.05, 0.1) is 52.4 Å². The first-order valence-corrected chi connectivity index (χ1v) is 16.2.